The summed E-state index contributed by atoms with van der Waals surface area (Å²) < 4.78 is 0. The summed E-state index contributed by atoms with van der Waals surface area (Å²) in [6.07, 6.45) is 5.25. The Hall–Kier alpha value is -1.02. The fourth-order valence-corrected chi connectivity index (χ4v) is 2.80. The van der Waals surface area contributed by atoms with Crippen LogP contribution in [0.1, 0.15) is 49.3 Å². The van der Waals surface area contributed by atoms with Crippen molar-refractivity contribution in [2.45, 2.75) is 58.5 Å². The third kappa shape index (κ3) is 2.81. The van der Waals surface area contributed by atoms with Crippen LogP contribution in [0.15, 0.2) is 12.1 Å². The summed E-state index contributed by atoms with van der Waals surface area (Å²) in [6.45, 7) is 7.14. The van der Waals surface area contributed by atoms with Gasteiger partial charge < -0.3 is 10.4 Å². The lowest BCUT2D eigenvalue weighted by Gasteiger charge is -2.25. The first-order chi connectivity index (χ1) is 8.00. The van der Waals surface area contributed by atoms with Crippen molar-refractivity contribution in [1.82, 2.24) is 5.32 Å². The van der Waals surface area contributed by atoms with Gasteiger partial charge in [0.05, 0.1) is 0 Å². The largest absolute Gasteiger partial charge is 0.507 e. The Morgan fingerprint density at radius 2 is 1.71 bits per heavy atom. The van der Waals surface area contributed by atoms with Gasteiger partial charge in [-0.2, -0.15) is 0 Å². The third-order valence-electron chi connectivity index (χ3n) is 3.98. The zero-order valence-electron chi connectivity index (χ0n) is 11.1. The van der Waals surface area contributed by atoms with Crippen molar-refractivity contribution < 1.29 is 5.11 Å². The Morgan fingerprint density at radius 3 is 2.24 bits per heavy atom. The van der Waals surface area contributed by atoms with Gasteiger partial charge in [-0.1, -0.05) is 25.0 Å². The molecule has 1 aliphatic carbocycles. The number of hydrogen-bond donors (Lipinski definition) is 2. The molecule has 2 nitrogen and oxygen atoms in total. The fraction of sp³-hybridized carbons (Fsp3) is 0.600. The van der Waals surface area contributed by atoms with Gasteiger partial charge in [0.25, 0.3) is 0 Å². The van der Waals surface area contributed by atoms with Crippen molar-refractivity contribution >= 4 is 0 Å². The average Bonchev–Trinajstić information content (AvgIpc) is 2.71. The SMILES string of the molecule is Cc1cc(CNC2(C)CCCC2)cc(C)c1O. The van der Waals surface area contributed by atoms with Crippen LogP contribution in [0.4, 0.5) is 0 Å². The molecule has 1 aromatic rings. The molecule has 0 radical (unpaired) electrons. The minimum Gasteiger partial charge on any atom is -0.507 e. The smallest absolute Gasteiger partial charge is 0.121 e. The lowest BCUT2D eigenvalue weighted by molar-refractivity contribution is 0.362. The maximum atomic E-state index is 9.74. The van der Waals surface area contributed by atoms with E-state index in [0.717, 1.165) is 17.7 Å². The van der Waals surface area contributed by atoms with Crippen LogP contribution in [0.25, 0.3) is 0 Å². The molecule has 0 heterocycles. The highest BCUT2D eigenvalue weighted by atomic mass is 16.3. The molecule has 0 amide bonds. The monoisotopic (exact) mass is 233 g/mol. The molecule has 0 aliphatic heterocycles. The molecule has 0 unspecified atom stereocenters. The Morgan fingerprint density at radius 1 is 1.18 bits per heavy atom. The first kappa shape index (κ1) is 12.4. The summed E-state index contributed by atoms with van der Waals surface area (Å²) >= 11 is 0. The Kier molecular flexibility index (Phi) is 3.43. The molecule has 94 valence electrons. The van der Waals surface area contributed by atoms with E-state index in [-0.39, 0.29) is 0 Å². The number of phenolic OH excluding ortho intramolecular Hbond substituents is 1. The van der Waals surface area contributed by atoms with Crippen LogP contribution in [0.5, 0.6) is 5.75 Å². The molecule has 1 aliphatic rings. The van der Waals surface area contributed by atoms with Crippen LogP contribution in [0.3, 0.4) is 0 Å². The molecule has 2 heteroatoms. The normalized spacial score (nSPS) is 18.5. The quantitative estimate of drug-likeness (QED) is 0.838. The van der Waals surface area contributed by atoms with E-state index >= 15 is 0 Å². The van der Waals surface area contributed by atoms with E-state index in [9.17, 15) is 5.11 Å². The first-order valence-electron chi connectivity index (χ1n) is 6.54. The molecule has 0 atom stereocenters. The van der Waals surface area contributed by atoms with Crippen molar-refractivity contribution in [2.24, 2.45) is 0 Å². The number of nitrogens with one attached hydrogen (secondary N) is 1. The summed E-state index contributed by atoms with van der Waals surface area (Å²) in [5, 5.41) is 13.4. The number of aromatic hydroxyl groups is 1. The van der Waals surface area contributed by atoms with Crippen LogP contribution in [-0.2, 0) is 6.54 Å². The molecule has 0 saturated heterocycles. The molecule has 2 N–H and O–H groups in total. The molecule has 1 fully saturated rings. The van der Waals surface area contributed by atoms with E-state index in [0.29, 0.717) is 11.3 Å². The summed E-state index contributed by atoms with van der Waals surface area (Å²) in [5.74, 6) is 0.431. The second-order valence-electron chi connectivity index (χ2n) is 5.70. The van der Waals surface area contributed by atoms with Crippen LogP contribution < -0.4 is 5.32 Å². The highest BCUT2D eigenvalue weighted by Gasteiger charge is 2.27. The second-order valence-corrected chi connectivity index (χ2v) is 5.70. The lowest BCUT2D eigenvalue weighted by atomic mass is 9.99. The molecule has 1 saturated carbocycles. The molecule has 1 aromatic carbocycles. The van der Waals surface area contributed by atoms with Crippen molar-refractivity contribution in [1.29, 1.82) is 0 Å². The summed E-state index contributed by atoms with van der Waals surface area (Å²) in [4.78, 5) is 0. The van der Waals surface area contributed by atoms with Gasteiger partial charge in [0, 0.05) is 12.1 Å². The van der Waals surface area contributed by atoms with E-state index in [2.05, 4.69) is 24.4 Å². The predicted molar refractivity (Wildman–Crippen MR) is 71.3 cm³/mol. The van der Waals surface area contributed by atoms with Crippen molar-refractivity contribution in [3.63, 3.8) is 0 Å². The number of rotatable bonds is 3. The average molecular weight is 233 g/mol. The van der Waals surface area contributed by atoms with Crippen LogP contribution in [0, 0.1) is 13.8 Å². The van der Waals surface area contributed by atoms with Crippen molar-refractivity contribution in [3.8, 4) is 5.75 Å². The van der Waals surface area contributed by atoms with E-state index in [1.54, 1.807) is 0 Å². The van der Waals surface area contributed by atoms with Crippen molar-refractivity contribution in [3.05, 3.63) is 28.8 Å². The molecule has 0 aromatic heterocycles. The van der Waals surface area contributed by atoms with E-state index in [1.807, 2.05) is 13.8 Å². The van der Waals surface area contributed by atoms with E-state index < -0.39 is 0 Å². The Labute approximate surface area is 104 Å². The van der Waals surface area contributed by atoms with E-state index in [1.165, 1.54) is 31.2 Å². The van der Waals surface area contributed by atoms with Gasteiger partial charge in [-0.3, -0.25) is 0 Å². The van der Waals surface area contributed by atoms with Crippen LogP contribution in [0.2, 0.25) is 0 Å². The standard InChI is InChI=1S/C15H23NO/c1-11-8-13(9-12(2)14(11)17)10-16-15(3)6-4-5-7-15/h8-9,16-17H,4-7,10H2,1-3H3. The highest BCUT2D eigenvalue weighted by molar-refractivity contribution is 5.42. The summed E-state index contributed by atoms with van der Waals surface area (Å²) in [6, 6.07) is 4.15. The van der Waals surface area contributed by atoms with Gasteiger partial charge >= 0.3 is 0 Å². The van der Waals surface area contributed by atoms with Gasteiger partial charge in [0.1, 0.15) is 5.75 Å². The van der Waals surface area contributed by atoms with Gasteiger partial charge in [-0.05, 0) is 50.3 Å². The Bertz CT molecular complexity index is 382. The first-order valence-corrected chi connectivity index (χ1v) is 6.54. The molecule has 17 heavy (non-hydrogen) atoms. The summed E-state index contributed by atoms with van der Waals surface area (Å²) in [7, 11) is 0. The predicted octanol–water partition coefficient (Wildman–Crippen LogP) is 3.43. The van der Waals surface area contributed by atoms with Crippen molar-refractivity contribution in [2.75, 3.05) is 0 Å². The highest BCUT2D eigenvalue weighted by Crippen LogP contribution is 2.29. The lowest BCUT2D eigenvalue weighted by Crippen LogP contribution is -2.38. The topological polar surface area (TPSA) is 32.3 Å². The fourth-order valence-electron chi connectivity index (χ4n) is 2.80. The van der Waals surface area contributed by atoms with E-state index in [4.69, 9.17) is 0 Å². The zero-order valence-corrected chi connectivity index (χ0v) is 11.1. The molecular formula is C15H23NO. The Balaban J connectivity index is 2.04. The molecule has 2 rings (SSSR count). The molecular weight excluding hydrogens is 210 g/mol. The minimum atomic E-state index is 0.319. The number of benzene rings is 1. The van der Waals surface area contributed by atoms with Gasteiger partial charge in [-0.15, -0.1) is 0 Å². The maximum Gasteiger partial charge on any atom is 0.121 e. The van der Waals surface area contributed by atoms with Crippen LogP contribution in [-0.4, -0.2) is 10.6 Å². The third-order valence-corrected chi connectivity index (χ3v) is 3.98. The van der Waals surface area contributed by atoms with Gasteiger partial charge in [0.2, 0.25) is 0 Å². The maximum absolute atomic E-state index is 9.74. The molecule has 0 spiro atoms. The summed E-state index contributed by atoms with van der Waals surface area (Å²) in [5.41, 5.74) is 3.53. The second kappa shape index (κ2) is 4.69. The van der Waals surface area contributed by atoms with Gasteiger partial charge in [0.15, 0.2) is 0 Å². The van der Waals surface area contributed by atoms with Gasteiger partial charge in [-0.25, -0.2) is 0 Å². The van der Waals surface area contributed by atoms with Crippen LogP contribution >= 0.6 is 0 Å². The number of aryl methyl sites for hydroxylation is 2. The molecule has 0 bridgehead atoms. The minimum absolute atomic E-state index is 0.319. The number of phenols is 1. The zero-order chi connectivity index (χ0) is 12.5. The number of hydrogen-bond acceptors (Lipinski definition) is 2.